The van der Waals surface area contributed by atoms with Crippen molar-refractivity contribution in [3.8, 4) is 5.75 Å². The maximum atomic E-state index is 13.5. The first-order valence-electron chi connectivity index (χ1n) is 15.6. The number of carbonyl (C=O) groups is 3. The fourth-order valence-corrected chi connectivity index (χ4v) is 5.26. The molecule has 0 aromatic heterocycles. The van der Waals surface area contributed by atoms with Crippen LogP contribution in [0.15, 0.2) is 48.5 Å². The second kappa shape index (κ2) is 12.0. The number of methoxy groups -OCH3 is 1. The number of amides is 3. The molecule has 2 aromatic carbocycles. The molecule has 2 saturated heterocycles. The minimum Gasteiger partial charge on any atom is -0.497 e. The predicted molar refractivity (Wildman–Crippen MR) is 158 cm³/mol. The van der Waals surface area contributed by atoms with Gasteiger partial charge in [-0.15, -0.1) is 0 Å². The summed E-state index contributed by atoms with van der Waals surface area (Å²) >= 11 is 0. The summed E-state index contributed by atoms with van der Waals surface area (Å²) in [7, 11) is -2.59. The first-order valence-corrected chi connectivity index (χ1v) is 14.1. The standard InChI is InChI=1S/C32H43N3O6/c1-31(2,3)40-28(36)27(23-14-15-33(21-23)30(38)41-32(4,5)6)19-22-10-8-11-24(18-22)34-16-17-35(29(34)37)25-12-9-13-26(20-25)39-7/h8-13,18,20,23,27H,14-17,19,21H2,1-7H3/t23-,27-/m0/s1/i7T3. The van der Waals surface area contributed by atoms with E-state index in [2.05, 4.69) is 0 Å². The molecule has 2 aliphatic heterocycles. The molecule has 0 spiro atoms. The molecule has 0 N–H and O–H groups in total. The summed E-state index contributed by atoms with van der Waals surface area (Å²) in [5, 5.41) is 0. The third-order valence-electron chi connectivity index (χ3n) is 7.09. The van der Waals surface area contributed by atoms with Gasteiger partial charge in [-0.1, -0.05) is 18.2 Å². The second-order valence-electron chi connectivity index (χ2n) is 12.7. The highest BCUT2D eigenvalue weighted by Crippen LogP contribution is 2.33. The van der Waals surface area contributed by atoms with E-state index in [0.717, 1.165) is 5.56 Å². The van der Waals surface area contributed by atoms with Gasteiger partial charge in [0.15, 0.2) is 0 Å². The number of nitrogens with zero attached hydrogens (tertiary/aromatic N) is 3. The van der Waals surface area contributed by atoms with Crippen LogP contribution >= 0.6 is 0 Å². The molecule has 0 radical (unpaired) electrons. The Kier molecular flexibility index (Phi) is 7.66. The van der Waals surface area contributed by atoms with Crippen LogP contribution in [-0.2, 0) is 20.7 Å². The Morgan fingerprint density at radius 2 is 1.56 bits per heavy atom. The van der Waals surface area contributed by atoms with E-state index < -0.39 is 30.3 Å². The van der Waals surface area contributed by atoms with Gasteiger partial charge in [-0.05, 0) is 90.1 Å². The van der Waals surface area contributed by atoms with Crippen LogP contribution in [0, 0.1) is 11.8 Å². The molecule has 2 aromatic rings. The first-order chi connectivity index (χ1) is 20.4. The molecule has 9 nitrogen and oxygen atoms in total. The Labute approximate surface area is 247 Å². The summed E-state index contributed by atoms with van der Waals surface area (Å²) in [4.78, 5) is 44.6. The molecule has 0 saturated carbocycles. The number of benzene rings is 2. The highest BCUT2D eigenvalue weighted by Gasteiger charge is 2.39. The molecule has 3 amide bonds. The summed E-state index contributed by atoms with van der Waals surface area (Å²) in [5.74, 6) is -0.777. The van der Waals surface area contributed by atoms with E-state index in [9.17, 15) is 14.4 Å². The first kappa shape index (κ1) is 26.2. The highest BCUT2D eigenvalue weighted by atomic mass is 16.6. The molecule has 2 aliphatic rings. The third-order valence-corrected chi connectivity index (χ3v) is 7.09. The van der Waals surface area contributed by atoms with Gasteiger partial charge in [-0.2, -0.15) is 0 Å². The Bertz CT molecular complexity index is 1370. The molecule has 0 aliphatic carbocycles. The van der Waals surface area contributed by atoms with Gasteiger partial charge in [0.1, 0.15) is 17.0 Å². The van der Waals surface area contributed by atoms with E-state index in [1.165, 1.54) is 12.1 Å². The number of carbonyl (C=O) groups excluding carboxylic acids is 3. The van der Waals surface area contributed by atoms with Crippen LogP contribution in [0.3, 0.4) is 0 Å². The Hall–Kier alpha value is -3.75. The highest BCUT2D eigenvalue weighted by molar-refractivity contribution is 6.06. The van der Waals surface area contributed by atoms with E-state index in [1.54, 1.807) is 26.8 Å². The molecule has 222 valence electrons. The van der Waals surface area contributed by atoms with Gasteiger partial charge < -0.3 is 19.1 Å². The lowest BCUT2D eigenvalue weighted by molar-refractivity contribution is -0.161. The van der Waals surface area contributed by atoms with Crippen LogP contribution in [0.2, 0.25) is 0 Å². The van der Waals surface area contributed by atoms with Gasteiger partial charge in [0.25, 0.3) is 0 Å². The van der Waals surface area contributed by atoms with Crippen LogP contribution in [0.1, 0.15) is 57.6 Å². The van der Waals surface area contributed by atoms with Crippen LogP contribution in [0.25, 0.3) is 0 Å². The van der Waals surface area contributed by atoms with Crippen molar-refractivity contribution in [1.29, 1.82) is 0 Å². The monoisotopic (exact) mass is 571 g/mol. The number of esters is 1. The predicted octanol–water partition coefficient (Wildman–Crippen LogP) is 5.90. The zero-order chi connectivity index (χ0) is 32.4. The van der Waals surface area contributed by atoms with Crippen molar-refractivity contribution in [2.45, 2.75) is 65.6 Å². The molecule has 41 heavy (non-hydrogen) atoms. The lowest BCUT2D eigenvalue weighted by Gasteiger charge is -2.28. The largest absolute Gasteiger partial charge is 0.497 e. The SMILES string of the molecule is [3H]C([3H])([3H])Oc1cccc(N2CCN(c3cccc(C[C@H](C(=O)OC(C)(C)C)[C@H]4CCN(C(=O)OC(C)(C)C)C4)c3)C2=O)c1. The van der Waals surface area contributed by atoms with E-state index in [-0.39, 0.29) is 23.7 Å². The molecular weight excluding hydrogens is 522 g/mol. The van der Waals surface area contributed by atoms with Gasteiger partial charge in [0, 0.05) is 43.6 Å². The minimum atomic E-state index is -2.59. The summed E-state index contributed by atoms with van der Waals surface area (Å²) in [6, 6.07) is 13.8. The quantitative estimate of drug-likeness (QED) is 0.385. The summed E-state index contributed by atoms with van der Waals surface area (Å²) < 4.78 is 38.5. The summed E-state index contributed by atoms with van der Waals surface area (Å²) in [6.07, 6.45) is 0.639. The van der Waals surface area contributed by atoms with Crippen molar-refractivity contribution in [2.24, 2.45) is 11.8 Å². The average molecular weight is 572 g/mol. The molecule has 9 heteroatoms. The van der Waals surface area contributed by atoms with E-state index in [4.69, 9.17) is 18.3 Å². The van der Waals surface area contributed by atoms with Gasteiger partial charge in [0.05, 0.1) is 17.1 Å². The fourth-order valence-electron chi connectivity index (χ4n) is 5.26. The van der Waals surface area contributed by atoms with Crippen LogP contribution in [-0.4, -0.2) is 67.4 Å². The van der Waals surface area contributed by atoms with E-state index in [0.29, 0.717) is 50.4 Å². The van der Waals surface area contributed by atoms with Gasteiger partial charge in [-0.3, -0.25) is 14.6 Å². The summed E-state index contributed by atoms with van der Waals surface area (Å²) in [5.41, 5.74) is 0.814. The summed E-state index contributed by atoms with van der Waals surface area (Å²) in [6.45, 7) is 12.7. The minimum absolute atomic E-state index is 0.116. The topological polar surface area (TPSA) is 88.6 Å². The van der Waals surface area contributed by atoms with Crippen molar-refractivity contribution >= 4 is 29.5 Å². The fraction of sp³-hybridized carbons (Fsp3) is 0.531. The molecule has 2 atom stereocenters. The van der Waals surface area contributed by atoms with Crippen LogP contribution in [0.5, 0.6) is 5.75 Å². The van der Waals surface area contributed by atoms with Crippen molar-refractivity contribution in [1.82, 2.24) is 4.90 Å². The molecule has 4 rings (SSSR count). The lowest BCUT2D eigenvalue weighted by Crippen LogP contribution is -2.38. The number of hydrogen-bond acceptors (Lipinski definition) is 6. The van der Waals surface area contributed by atoms with E-state index >= 15 is 0 Å². The maximum absolute atomic E-state index is 13.5. The Morgan fingerprint density at radius 1 is 0.927 bits per heavy atom. The number of ether oxygens (including phenoxy) is 3. The zero-order valence-corrected chi connectivity index (χ0v) is 24.8. The zero-order valence-electron chi connectivity index (χ0n) is 27.8. The molecule has 2 fully saturated rings. The number of hydrogen-bond donors (Lipinski definition) is 0. The van der Waals surface area contributed by atoms with Crippen molar-refractivity contribution in [2.75, 3.05) is 43.0 Å². The second-order valence-corrected chi connectivity index (χ2v) is 12.7. The number of likely N-dealkylation sites (tertiary alicyclic amines) is 1. The van der Waals surface area contributed by atoms with Crippen molar-refractivity contribution in [3.63, 3.8) is 0 Å². The molecule has 2 heterocycles. The Balaban J connectivity index is 1.51. The van der Waals surface area contributed by atoms with Crippen molar-refractivity contribution < 1.29 is 32.7 Å². The molecule has 0 bridgehead atoms. The van der Waals surface area contributed by atoms with Gasteiger partial charge >= 0.3 is 18.1 Å². The lowest BCUT2D eigenvalue weighted by atomic mass is 9.86. The number of urea groups is 1. The van der Waals surface area contributed by atoms with E-state index in [1.807, 2.05) is 65.8 Å². The normalized spacial score (nSPS) is 19.9. The maximum Gasteiger partial charge on any atom is 0.410 e. The van der Waals surface area contributed by atoms with Gasteiger partial charge in [-0.25, -0.2) is 9.59 Å². The Morgan fingerprint density at radius 3 is 2.20 bits per heavy atom. The third kappa shape index (κ3) is 7.71. The van der Waals surface area contributed by atoms with Crippen LogP contribution < -0.4 is 14.5 Å². The van der Waals surface area contributed by atoms with Crippen molar-refractivity contribution in [3.05, 3.63) is 54.1 Å². The average Bonchev–Trinajstić information content (AvgIpc) is 3.52. The number of anilines is 2. The molecule has 0 unspecified atom stereocenters. The molecular formula is C32H43N3O6. The smallest absolute Gasteiger partial charge is 0.410 e. The van der Waals surface area contributed by atoms with Gasteiger partial charge in [0.2, 0.25) is 0 Å². The number of rotatable bonds is 7. The van der Waals surface area contributed by atoms with Crippen LogP contribution in [0.4, 0.5) is 21.0 Å².